The van der Waals surface area contributed by atoms with E-state index in [1.807, 2.05) is 0 Å². The van der Waals surface area contributed by atoms with Crippen LogP contribution in [0.2, 0.25) is 0 Å². The molecule has 0 aromatic carbocycles. The highest BCUT2D eigenvalue weighted by Crippen LogP contribution is 2.22. The Kier molecular flexibility index (Phi) is 2.62. The van der Waals surface area contributed by atoms with Crippen LogP contribution in [0.25, 0.3) is 0 Å². The van der Waals surface area contributed by atoms with Crippen molar-refractivity contribution in [1.29, 1.82) is 0 Å². The van der Waals surface area contributed by atoms with E-state index < -0.39 is 5.97 Å². The summed E-state index contributed by atoms with van der Waals surface area (Å²) in [6, 6.07) is 0. The molecule has 0 saturated heterocycles. The number of carboxylic acid groups (broad SMARTS) is 1. The minimum Gasteiger partial charge on any atom is -0.477 e. The third-order valence-electron chi connectivity index (χ3n) is 2.83. The van der Waals surface area contributed by atoms with Crippen molar-refractivity contribution in [3.05, 3.63) is 11.3 Å². The molecule has 0 radical (unpaired) electrons. The molecule has 2 rings (SSSR count). The van der Waals surface area contributed by atoms with Crippen LogP contribution in [0.3, 0.4) is 0 Å². The maximum Gasteiger partial charge on any atom is 0.341 e. The number of hydrogen-bond donors (Lipinski definition) is 2. The van der Waals surface area contributed by atoms with Crippen LogP contribution in [0.1, 0.15) is 41.7 Å². The Morgan fingerprint density at radius 3 is 2.80 bits per heavy atom. The highest BCUT2D eigenvalue weighted by molar-refractivity contribution is 5.94. The third-order valence-corrected chi connectivity index (χ3v) is 2.83. The zero-order chi connectivity index (χ0) is 10.8. The standard InChI is InChI=1S/C10H15N3O2/c11-9-8(10(14)15)7-5-3-1-2-4-6-13(7)12-9/h1-6H2,(H2,11,12)(H,14,15). The summed E-state index contributed by atoms with van der Waals surface area (Å²) in [6.45, 7) is 0.785. The van der Waals surface area contributed by atoms with Crippen molar-refractivity contribution in [3.8, 4) is 0 Å². The molecule has 1 aromatic rings. The summed E-state index contributed by atoms with van der Waals surface area (Å²) < 4.78 is 1.76. The highest BCUT2D eigenvalue weighted by atomic mass is 16.4. The van der Waals surface area contributed by atoms with Gasteiger partial charge in [0.05, 0.1) is 5.69 Å². The lowest BCUT2D eigenvalue weighted by Crippen LogP contribution is -2.10. The van der Waals surface area contributed by atoms with Crippen molar-refractivity contribution in [2.75, 3.05) is 5.73 Å². The molecule has 0 aliphatic carbocycles. The van der Waals surface area contributed by atoms with Gasteiger partial charge < -0.3 is 10.8 Å². The maximum absolute atomic E-state index is 11.0. The Morgan fingerprint density at radius 2 is 2.07 bits per heavy atom. The molecule has 1 aromatic heterocycles. The van der Waals surface area contributed by atoms with Crippen LogP contribution in [0.15, 0.2) is 0 Å². The Hall–Kier alpha value is -1.52. The normalized spacial score (nSPS) is 16.5. The van der Waals surface area contributed by atoms with Gasteiger partial charge >= 0.3 is 5.97 Å². The van der Waals surface area contributed by atoms with Crippen molar-refractivity contribution < 1.29 is 9.90 Å². The van der Waals surface area contributed by atoms with E-state index in [0.29, 0.717) is 0 Å². The van der Waals surface area contributed by atoms with Gasteiger partial charge in [0.2, 0.25) is 0 Å². The van der Waals surface area contributed by atoms with Gasteiger partial charge in [0, 0.05) is 6.54 Å². The van der Waals surface area contributed by atoms with Crippen molar-refractivity contribution >= 4 is 11.8 Å². The Morgan fingerprint density at radius 1 is 1.33 bits per heavy atom. The van der Waals surface area contributed by atoms with Crippen LogP contribution in [-0.2, 0) is 13.0 Å². The van der Waals surface area contributed by atoms with Crippen molar-refractivity contribution in [3.63, 3.8) is 0 Å². The van der Waals surface area contributed by atoms with Crippen LogP contribution in [0.5, 0.6) is 0 Å². The summed E-state index contributed by atoms with van der Waals surface area (Å²) in [5, 5.41) is 13.1. The summed E-state index contributed by atoms with van der Waals surface area (Å²) >= 11 is 0. The minimum atomic E-state index is -0.964. The fourth-order valence-electron chi connectivity index (χ4n) is 2.10. The molecule has 5 nitrogen and oxygen atoms in total. The third kappa shape index (κ3) is 1.82. The lowest BCUT2D eigenvalue weighted by Gasteiger charge is -2.11. The van der Waals surface area contributed by atoms with Gasteiger partial charge in [-0.3, -0.25) is 4.68 Å². The number of nitrogen functional groups attached to an aromatic ring is 1. The van der Waals surface area contributed by atoms with Crippen LogP contribution < -0.4 is 5.73 Å². The van der Waals surface area contributed by atoms with E-state index >= 15 is 0 Å². The molecule has 15 heavy (non-hydrogen) atoms. The predicted octanol–water partition coefficient (Wildman–Crippen LogP) is 1.28. The molecule has 5 heteroatoms. The molecule has 3 N–H and O–H groups in total. The zero-order valence-electron chi connectivity index (χ0n) is 8.57. The number of hydrogen-bond acceptors (Lipinski definition) is 3. The molecule has 0 bridgehead atoms. The molecule has 1 aliphatic rings. The van der Waals surface area contributed by atoms with Gasteiger partial charge in [-0.1, -0.05) is 12.8 Å². The van der Waals surface area contributed by atoms with Gasteiger partial charge in [-0.15, -0.1) is 0 Å². The van der Waals surface area contributed by atoms with Crippen molar-refractivity contribution in [2.45, 2.75) is 38.6 Å². The number of anilines is 1. The average Bonchev–Trinajstić information content (AvgIpc) is 2.42. The lowest BCUT2D eigenvalue weighted by molar-refractivity contribution is 0.0696. The fourth-order valence-corrected chi connectivity index (χ4v) is 2.10. The van der Waals surface area contributed by atoms with E-state index in [9.17, 15) is 4.79 Å². The van der Waals surface area contributed by atoms with E-state index in [2.05, 4.69) is 5.10 Å². The smallest absolute Gasteiger partial charge is 0.341 e. The van der Waals surface area contributed by atoms with Crippen LogP contribution >= 0.6 is 0 Å². The minimum absolute atomic E-state index is 0.152. The number of fused-ring (bicyclic) bond motifs is 1. The zero-order valence-corrected chi connectivity index (χ0v) is 8.57. The van der Waals surface area contributed by atoms with Crippen molar-refractivity contribution in [2.24, 2.45) is 0 Å². The molecule has 0 unspecified atom stereocenters. The first-order valence-electron chi connectivity index (χ1n) is 5.28. The monoisotopic (exact) mass is 209 g/mol. The number of carbonyl (C=O) groups is 1. The Labute approximate surface area is 87.9 Å². The number of nitrogens with two attached hydrogens (primary N) is 1. The first-order valence-corrected chi connectivity index (χ1v) is 5.28. The second-order valence-corrected chi connectivity index (χ2v) is 3.90. The number of aromatic carboxylic acids is 1. The molecular weight excluding hydrogens is 194 g/mol. The van der Waals surface area contributed by atoms with Gasteiger partial charge in [-0.25, -0.2) is 4.79 Å². The number of rotatable bonds is 1. The topological polar surface area (TPSA) is 81.1 Å². The van der Waals surface area contributed by atoms with Gasteiger partial charge in [-0.2, -0.15) is 5.10 Å². The van der Waals surface area contributed by atoms with Crippen LogP contribution in [-0.4, -0.2) is 20.9 Å². The number of carboxylic acids is 1. The highest BCUT2D eigenvalue weighted by Gasteiger charge is 2.21. The maximum atomic E-state index is 11.0. The molecule has 0 spiro atoms. The molecule has 0 amide bonds. The summed E-state index contributed by atoms with van der Waals surface area (Å²) in [5.74, 6) is -0.811. The SMILES string of the molecule is Nc1nn2c(c1C(=O)O)CCCCCC2. The molecule has 82 valence electrons. The Balaban J connectivity index is 2.43. The summed E-state index contributed by atoms with van der Waals surface area (Å²) in [6.07, 6.45) is 5.18. The number of aromatic nitrogens is 2. The van der Waals surface area contributed by atoms with E-state index in [1.54, 1.807) is 4.68 Å². The van der Waals surface area contributed by atoms with E-state index in [-0.39, 0.29) is 11.4 Å². The summed E-state index contributed by atoms with van der Waals surface area (Å²) in [5.41, 5.74) is 6.61. The van der Waals surface area contributed by atoms with E-state index in [4.69, 9.17) is 10.8 Å². The van der Waals surface area contributed by atoms with Crippen LogP contribution in [0, 0.1) is 0 Å². The first kappa shape index (κ1) is 10.0. The Bertz CT molecular complexity index is 384. The molecular formula is C10H15N3O2. The lowest BCUT2D eigenvalue weighted by atomic mass is 10.1. The second-order valence-electron chi connectivity index (χ2n) is 3.90. The number of aryl methyl sites for hydroxylation is 1. The molecule has 2 heterocycles. The van der Waals surface area contributed by atoms with E-state index in [0.717, 1.165) is 37.9 Å². The van der Waals surface area contributed by atoms with Gasteiger partial charge in [-0.05, 0) is 19.3 Å². The molecule has 0 saturated carbocycles. The van der Waals surface area contributed by atoms with Gasteiger partial charge in [0.1, 0.15) is 5.56 Å². The fraction of sp³-hybridized carbons (Fsp3) is 0.600. The summed E-state index contributed by atoms with van der Waals surface area (Å²) in [4.78, 5) is 11.0. The number of nitrogens with zero attached hydrogens (tertiary/aromatic N) is 2. The van der Waals surface area contributed by atoms with Crippen LogP contribution in [0.4, 0.5) is 5.82 Å². The van der Waals surface area contributed by atoms with E-state index in [1.165, 1.54) is 6.42 Å². The largest absolute Gasteiger partial charge is 0.477 e. The van der Waals surface area contributed by atoms with Gasteiger partial charge in [0.25, 0.3) is 0 Å². The average molecular weight is 209 g/mol. The predicted molar refractivity (Wildman–Crippen MR) is 55.8 cm³/mol. The summed E-state index contributed by atoms with van der Waals surface area (Å²) in [7, 11) is 0. The van der Waals surface area contributed by atoms with Crippen molar-refractivity contribution in [1.82, 2.24) is 9.78 Å². The first-order chi connectivity index (χ1) is 7.20. The molecule has 0 fully saturated rings. The molecule has 1 aliphatic heterocycles. The van der Waals surface area contributed by atoms with Gasteiger partial charge in [0.15, 0.2) is 5.82 Å². The second kappa shape index (κ2) is 3.92. The molecule has 0 atom stereocenters. The quantitative estimate of drug-likeness (QED) is 0.730.